The molecule has 432 valence electrons. The van der Waals surface area contributed by atoms with Crippen molar-refractivity contribution in [2.24, 2.45) is 0 Å². The Morgan fingerprint density at radius 1 is 0.518 bits per heavy atom. The van der Waals surface area contributed by atoms with Crippen molar-refractivity contribution in [3.8, 4) is 62.3 Å². The monoisotopic (exact) mass is 1180 g/mol. The minimum atomic E-state index is -3.22. The maximum absolute atomic E-state index is 12.3. The smallest absolute Gasteiger partial charge is 0.235 e. The predicted molar refractivity (Wildman–Crippen MR) is 331 cm³/mol. The fourth-order valence-electron chi connectivity index (χ4n) is 11.4. The molecule has 3 saturated heterocycles. The third-order valence-electron chi connectivity index (χ3n) is 15.4. The van der Waals surface area contributed by atoms with Crippen molar-refractivity contribution in [3.05, 3.63) is 152 Å². The number of hydrogen-bond acceptors (Lipinski definition) is 11. The van der Waals surface area contributed by atoms with Crippen LogP contribution in [-0.2, 0) is 43.2 Å². The zero-order chi connectivity index (χ0) is 58.0. The van der Waals surface area contributed by atoms with Gasteiger partial charge in [-0.3, -0.25) is 12.9 Å². The molecule has 10 aromatic rings. The number of anilines is 3. The Hall–Kier alpha value is -8.20. The number of fused-ring (bicyclic) bond motifs is 3. The second-order valence-electron chi connectivity index (χ2n) is 20.7. The van der Waals surface area contributed by atoms with Gasteiger partial charge in [-0.05, 0) is 134 Å². The SMILES string of the molecule is CCCn1c(-c2ccc(N3CCCS3(=O)=O)cc2)c(-c2cnco2)c2ccc(OC)cc21.CCCn1c(-c2ccc(N3CCCS3(=O)=O)cc2)cc2ccc(OC)cc21.COc1ccc2cc(-c3ccc(N4CCCS4(=O)=O)cc3)[nH]c2c1. The number of methoxy groups -OCH3 is 3. The molecule has 13 rings (SSSR count). The summed E-state index contributed by atoms with van der Waals surface area (Å²) in [6.45, 7) is 7.69. The Kier molecular flexibility index (Phi) is 16.1. The third kappa shape index (κ3) is 11.4. The van der Waals surface area contributed by atoms with Crippen LogP contribution in [0.3, 0.4) is 0 Å². The lowest BCUT2D eigenvalue weighted by Crippen LogP contribution is -2.24. The Labute approximate surface area is 484 Å². The van der Waals surface area contributed by atoms with Gasteiger partial charge in [0.25, 0.3) is 0 Å². The molecule has 3 aliphatic rings. The summed E-state index contributed by atoms with van der Waals surface area (Å²) < 4.78 is 104. The van der Waals surface area contributed by atoms with Gasteiger partial charge in [0.05, 0.1) is 84.1 Å². The normalized spacial score (nSPS) is 16.0. The first-order chi connectivity index (χ1) is 40.1. The van der Waals surface area contributed by atoms with Crippen molar-refractivity contribution in [2.45, 2.75) is 59.0 Å². The summed E-state index contributed by atoms with van der Waals surface area (Å²) in [7, 11) is -4.50. The van der Waals surface area contributed by atoms with Crippen LogP contribution in [0.15, 0.2) is 157 Å². The molecule has 0 spiro atoms. The second kappa shape index (κ2) is 23.6. The fraction of sp³-hybridized carbons (Fsp3) is 0.286. The van der Waals surface area contributed by atoms with E-state index in [4.69, 9.17) is 18.6 Å². The number of oxazole rings is 1. The number of hydrogen-bond donors (Lipinski definition) is 1. The summed E-state index contributed by atoms with van der Waals surface area (Å²) in [4.78, 5) is 7.52. The number of rotatable bonds is 14. The molecule has 0 aliphatic carbocycles. The molecule has 0 radical (unpaired) electrons. The van der Waals surface area contributed by atoms with E-state index in [1.807, 2.05) is 115 Å². The van der Waals surface area contributed by atoms with Crippen molar-refractivity contribution >= 4 is 79.8 Å². The lowest BCUT2D eigenvalue weighted by molar-refractivity contribution is 0.415. The molecular formula is C63H67N7O10S3. The van der Waals surface area contributed by atoms with Gasteiger partial charge in [-0.1, -0.05) is 50.2 Å². The summed E-state index contributed by atoms with van der Waals surface area (Å²) in [5, 5.41) is 3.33. The number of sulfonamides is 3. The molecule has 0 saturated carbocycles. The first-order valence-corrected chi connectivity index (χ1v) is 32.7. The number of aromatic amines is 1. The van der Waals surface area contributed by atoms with E-state index in [1.54, 1.807) is 27.5 Å². The number of aromatic nitrogens is 4. The van der Waals surface area contributed by atoms with Crippen LogP contribution < -0.4 is 27.1 Å². The van der Waals surface area contributed by atoms with Gasteiger partial charge in [-0.15, -0.1) is 0 Å². The molecule has 3 aliphatic heterocycles. The van der Waals surface area contributed by atoms with E-state index in [9.17, 15) is 25.3 Å². The molecule has 7 heterocycles. The molecule has 1 N–H and O–H groups in total. The van der Waals surface area contributed by atoms with Gasteiger partial charge < -0.3 is 32.7 Å². The maximum atomic E-state index is 12.3. The van der Waals surface area contributed by atoms with Crippen LogP contribution >= 0.6 is 0 Å². The quantitative estimate of drug-likeness (QED) is 0.109. The highest BCUT2D eigenvalue weighted by atomic mass is 32.2. The Bertz CT molecular complexity index is 4290. The zero-order valence-corrected chi connectivity index (χ0v) is 49.6. The highest BCUT2D eigenvalue weighted by Gasteiger charge is 2.31. The van der Waals surface area contributed by atoms with Gasteiger partial charge in [0.15, 0.2) is 12.2 Å². The van der Waals surface area contributed by atoms with Gasteiger partial charge in [-0.25, -0.2) is 30.2 Å². The number of benzene rings is 6. The van der Waals surface area contributed by atoms with E-state index >= 15 is 0 Å². The summed E-state index contributed by atoms with van der Waals surface area (Å²) in [6, 6.07) is 45.6. The number of nitrogens with zero attached hydrogens (tertiary/aromatic N) is 6. The van der Waals surface area contributed by atoms with Crippen molar-refractivity contribution in [3.63, 3.8) is 0 Å². The summed E-state index contributed by atoms with van der Waals surface area (Å²) in [5.41, 5.74) is 12.6. The molecule has 0 amide bonds. The molecule has 4 aromatic heterocycles. The largest absolute Gasteiger partial charge is 0.497 e. The van der Waals surface area contributed by atoms with Crippen molar-refractivity contribution in [1.29, 1.82) is 0 Å². The van der Waals surface area contributed by atoms with Gasteiger partial charge in [0.2, 0.25) is 30.1 Å². The highest BCUT2D eigenvalue weighted by Crippen LogP contribution is 2.43. The molecule has 6 aromatic carbocycles. The van der Waals surface area contributed by atoms with E-state index in [1.165, 1.54) is 24.7 Å². The molecule has 3 fully saturated rings. The number of H-pyrrole nitrogens is 1. The number of aryl methyl sites for hydroxylation is 2. The van der Waals surface area contributed by atoms with Gasteiger partial charge in [-0.2, -0.15) is 0 Å². The average molecular weight is 1180 g/mol. The van der Waals surface area contributed by atoms with Crippen molar-refractivity contribution in [1.82, 2.24) is 19.1 Å². The van der Waals surface area contributed by atoms with E-state index < -0.39 is 30.1 Å². The van der Waals surface area contributed by atoms with E-state index in [-0.39, 0.29) is 17.3 Å². The summed E-state index contributed by atoms with van der Waals surface area (Å²) in [6.07, 6.45) is 7.18. The molecule has 0 unspecified atom stereocenters. The topological polar surface area (TPSA) is 192 Å². The van der Waals surface area contributed by atoms with E-state index in [0.29, 0.717) is 50.3 Å². The minimum absolute atomic E-state index is 0.205. The molecule has 17 nitrogen and oxygen atoms in total. The highest BCUT2D eigenvalue weighted by molar-refractivity contribution is 7.93. The number of ether oxygens (including phenoxy) is 3. The van der Waals surface area contributed by atoms with Gasteiger partial charge >= 0.3 is 0 Å². The standard InChI is InChI=1S/C24H25N3O4S.C21H24N2O3S.C18H18N2O3S/c1-3-11-26-21-14-19(30-2)9-10-20(21)23(22-15-25-16-31-22)24(26)17-5-7-18(8-6-17)27-12-4-13-32(27,28)29;1-3-11-22-20(14-17-7-10-19(26-2)15-21(17)22)16-5-8-18(9-6-16)23-12-4-13-27(23,24)25;1-23-16-8-5-14-11-17(19-18(14)12-16)13-3-6-15(7-4-13)20-9-2-10-24(20,21)22/h5-10,14-16H,3-4,11-13H2,1-2H3;5-10,14-15H,3-4,11-13H2,1-2H3;3-8,11-12,19H,2,9-10H2,1H3. The van der Waals surface area contributed by atoms with Gasteiger partial charge in [0.1, 0.15) is 17.2 Å². The first-order valence-electron chi connectivity index (χ1n) is 27.9. The molecule has 0 bridgehead atoms. The van der Waals surface area contributed by atoms with Crippen molar-refractivity contribution in [2.75, 3.05) is 71.1 Å². The van der Waals surface area contributed by atoms with Crippen LogP contribution in [-0.4, -0.2) is 103 Å². The third-order valence-corrected chi connectivity index (χ3v) is 21.0. The first kappa shape index (κ1) is 56.7. The lowest BCUT2D eigenvalue weighted by Gasteiger charge is -2.18. The molecular weight excluding hydrogens is 1110 g/mol. The van der Waals surface area contributed by atoms with Crippen LogP contribution in [0.4, 0.5) is 17.1 Å². The number of nitrogens with one attached hydrogen (secondary N) is 1. The maximum Gasteiger partial charge on any atom is 0.235 e. The fourth-order valence-corrected chi connectivity index (χ4v) is 16.1. The van der Waals surface area contributed by atoms with Crippen LogP contribution in [0.25, 0.3) is 77.8 Å². The Morgan fingerprint density at radius 2 is 1.00 bits per heavy atom. The molecule has 83 heavy (non-hydrogen) atoms. The van der Waals surface area contributed by atoms with E-state index in [2.05, 4.69) is 57.2 Å². The molecule has 0 atom stereocenters. The lowest BCUT2D eigenvalue weighted by atomic mass is 10.0. The average Bonchev–Trinajstić information content (AvgIpc) is 2.72. The van der Waals surface area contributed by atoms with E-state index in [0.717, 1.165) is 121 Å². The predicted octanol–water partition coefficient (Wildman–Crippen LogP) is 12.6. The van der Waals surface area contributed by atoms with Gasteiger partial charge in [0, 0.05) is 84.0 Å². The zero-order valence-electron chi connectivity index (χ0n) is 47.1. The van der Waals surface area contributed by atoms with Crippen LogP contribution in [0.2, 0.25) is 0 Å². The Balaban J connectivity index is 0.000000132. The van der Waals surface area contributed by atoms with Crippen molar-refractivity contribution < 1.29 is 43.9 Å². The Morgan fingerprint density at radius 3 is 1.49 bits per heavy atom. The summed E-state index contributed by atoms with van der Waals surface area (Å²) >= 11 is 0. The minimum Gasteiger partial charge on any atom is -0.497 e. The molecule has 20 heteroatoms. The van der Waals surface area contributed by atoms with Crippen LogP contribution in [0.1, 0.15) is 46.0 Å². The van der Waals surface area contributed by atoms with Crippen LogP contribution in [0, 0.1) is 0 Å². The summed E-state index contributed by atoms with van der Waals surface area (Å²) in [5.74, 6) is 3.81. The van der Waals surface area contributed by atoms with Crippen LogP contribution in [0.5, 0.6) is 17.2 Å². The second-order valence-corrected chi connectivity index (χ2v) is 26.8.